The Morgan fingerprint density at radius 3 is 2.68 bits per heavy atom. The monoisotopic (exact) mass is 347 g/mol. The van der Waals surface area contributed by atoms with E-state index >= 15 is 0 Å². The molecule has 0 unspecified atom stereocenters. The minimum atomic E-state index is -0.783. The first kappa shape index (κ1) is 17.4. The summed E-state index contributed by atoms with van der Waals surface area (Å²) < 4.78 is 13.8. The third-order valence-corrected chi connectivity index (χ3v) is 4.91. The summed E-state index contributed by atoms with van der Waals surface area (Å²) in [5.41, 5.74) is 0.0682. The first-order chi connectivity index (χ1) is 11.9. The molecule has 1 saturated carbocycles. The molecule has 2 aliphatic rings. The number of halogens is 1. The highest BCUT2D eigenvalue weighted by atomic mass is 19.1. The molecule has 1 aromatic carbocycles. The summed E-state index contributed by atoms with van der Waals surface area (Å²) in [6.45, 7) is 1.75. The molecule has 6 nitrogen and oxygen atoms in total. The molecule has 0 atom stereocenters. The summed E-state index contributed by atoms with van der Waals surface area (Å²) in [7, 11) is 0. The second-order valence-electron chi connectivity index (χ2n) is 6.81. The average molecular weight is 347 g/mol. The van der Waals surface area contributed by atoms with E-state index < -0.39 is 23.3 Å². The van der Waals surface area contributed by atoms with E-state index in [0.29, 0.717) is 12.8 Å². The second kappa shape index (κ2) is 6.82. The van der Waals surface area contributed by atoms with Gasteiger partial charge in [0.05, 0.1) is 5.69 Å². The fourth-order valence-corrected chi connectivity index (χ4v) is 3.52. The van der Waals surface area contributed by atoms with Gasteiger partial charge in [-0.1, -0.05) is 25.3 Å². The number of benzene rings is 1. The van der Waals surface area contributed by atoms with Crippen LogP contribution in [0.5, 0.6) is 0 Å². The zero-order valence-corrected chi connectivity index (χ0v) is 14.2. The Bertz CT molecular complexity index is 714. The number of hydrogen-bond acceptors (Lipinski definition) is 3. The molecule has 1 heterocycles. The average Bonchev–Trinajstić information content (AvgIpc) is 2.79. The van der Waals surface area contributed by atoms with Crippen molar-refractivity contribution in [1.82, 2.24) is 10.2 Å². The van der Waals surface area contributed by atoms with Crippen molar-refractivity contribution >= 4 is 23.5 Å². The van der Waals surface area contributed by atoms with E-state index in [9.17, 15) is 18.8 Å². The molecular formula is C18H22FN3O3. The van der Waals surface area contributed by atoms with Crippen LogP contribution in [0.2, 0.25) is 0 Å². The molecule has 1 aliphatic heterocycles. The fourth-order valence-electron chi connectivity index (χ4n) is 3.52. The molecule has 1 aliphatic carbocycles. The number of nitrogens with zero attached hydrogens (tertiary/aromatic N) is 1. The molecule has 3 rings (SSSR count). The smallest absolute Gasteiger partial charge is 0.324 e. The number of nitrogens with one attached hydrogen (secondary N) is 2. The maximum atomic E-state index is 13.8. The van der Waals surface area contributed by atoms with E-state index in [1.165, 1.54) is 12.1 Å². The van der Waals surface area contributed by atoms with Crippen LogP contribution in [0.25, 0.3) is 0 Å². The van der Waals surface area contributed by atoms with E-state index in [2.05, 4.69) is 10.6 Å². The van der Waals surface area contributed by atoms with E-state index in [1.807, 2.05) is 0 Å². The van der Waals surface area contributed by atoms with Crippen LogP contribution in [0.4, 0.5) is 14.9 Å². The van der Waals surface area contributed by atoms with Crippen LogP contribution in [0, 0.1) is 12.7 Å². The first-order valence-electron chi connectivity index (χ1n) is 8.61. The predicted octanol–water partition coefficient (Wildman–Crippen LogP) is 2.72. The molecule has 4 amide bonds. The highest BCUT2D eigenvalue weighted by Gasteiger charge is 2.51. The number of carbonyl (C=O) groups is 3. The van der Waals surface area contributed by atoms with E-state index in [0.717, 1.165) is 29.7 Å². The first-order valence-corrected chi connectivity index (χ1v) is 8.61. The molecular weight excluding hydrogens is 325 g/mol. The van der Waals surface area contributed by atoms with E-state index in [4.69, 9.17) is 0 Å². The second-order valence-corrected chi connectivity index (χ2v) is 6.81. The van der Waals surface area contributed by atoms with Crippen molar-refractivity contribution in [3.05, 3.63) is 29.6 Å². The Kier molecular flexibility index (Phi) is 4.74. The number of anilines is 1. The number of imide groups is 1. The molecule has 1 aromatic rings. The van der Waals surface area contributed by atoms with Gasteiger partial charge in [-0.05, 0) is 37.5 Å². The van der Waals surface area contributed by atoms with Crippen LogP contribution in [-0.4, -0.2) is 34.8 Å². The number of aryl methyl sites for hydroxylation is 1. The third-order valence-electron chi connectivity index (χ3n) is 4.91. The lowest BCUT2D eigenvalue weighted by Gasteiger charge is -2.30. The molecule has 2 fully saturated rings. The van der Waals surface area contributed by atoms with Crippen molar-refractivity contribution < 1.29 is 18.8 Å². The van der Waals surface area contributed by atoms with Gasteiger partial charge in [0, 0.05) is 13.0 Å². The molecule has 25 heavy (non-hydrogen) atoms. The zero-order chi connectivity index (χ0) is 18.0. The molecule has 1 saturated heterocycles. The summed E-state index contributed by atoms with van der Waals surface area (Å²) >= 11 is 0. The highest BCUT2D eigenvalue weighted by Crippen LogP contribution is 2.33. The Hall–Kier alpha value is -2.44. The van der Waals surface area contributed by atoms with Gasteiger partial charge < -0.3 is 10.6 Å². The minimum Gasteiger partial charge on any atom is -0.324 e. The molecule has 134 valence electrons. The predicted molar refractivity (Wildman–Crippen MR) is 90.4 cm³/mol. The minimum absolute atomic E-state index is 0.00820. The Morgan fingerprint density at radius 1 is 1.28 bits per heavy atom. The number of urea groups is 1. The van der Waals surface area contributed by atoms with Crippen molar-refractivity contribution in [2.24, 2.45) is 0 Å². The fraction of sp³-hybridized carbons (Fsp3) is 0.500. The summed E-state index contributed by atoms with van der Waals surface area (Å²) in [6, 6.07) is 4.08. The topological polar surface area (TPSA) is 78.5 Å². The summed E-state index contributed by atoms with van der Waals surface area (Å²) in [5.74, 6) is -1.19. The van der Waals surface area contributed by atoms with Crippen LogP contribution in [0.15, 0.2) is 18.2 Å². The van der Waals surface area contributed by atoms with Gasteiger partial charge in [0.15, 0.2) is 0 Å². The van der Waals surface area contributed by atoms with Crippen LogP contribution in [0.1, 0.15) is 44.1 Å². The Labute approximate surface area is 145 Å². The lowest BCUT2D eigenvalue weighted by atomic mass is 9.82. The maximum Gasteiger partial charge on any atom is 0.325 e. The maximum absolute atomic E-state index is 13.8. The van der Waals surface area contributed by atoms with Crippen LogP contribution in [-0.2, 0) is 9.59 Å². The third kappa shape index (κ3) is 3.50. The van der Waals surface area contributed by atoms with Gasteiger partial charge in [0.1, 0.15) is 11.4 Å². The largest absolute Gasteiger partial charge is 0.325 e. The van der Waals surface area contributed by atoms with Gasteiger partial charge >= 0.3 is 6.03 Å². The van der Waals surface area contributed by atoms with Crippen LogP contribution in [0.3, 0.4) is 0 Å². The van der Waals surface area contributed by atoms with Gasteiger partial charge in [-0.15, -0.1) is 0 Å². The number of hydrogen-bond donors (Lipinski definition) is 2. The van der Waals surface area contributed by atoms with Gasteiger partial charge in [-0.25, -0.2) is 9.18 Å². The Balaban J connectivity index is 1.58. The summed E-state index contributed by atoms with van der Waals surface area (Å²) in [4.78, 5) is 37.9. The van der Waals surface area contributed by atoms with E-state index in [1.54, 1.807) is 13.0 Å². The van der Waals surface area contributed by atoms with Crippen molar-refractivity contribution in [3.8, 4) is 0 Å². The summed E-state index contributed by atoms with van der Waals surface area (Å²) in [5, 5.41) is 5.28. The molecule has 0 aromatic heterocycles. The quantitative estimate of drug-likeness (QED) is 0.822. The van der Waals surface area contributed by atoms with Gasteiger partial charge in [0.2, 0.25) is 5.91 Å². The van der Waals surface area contributed by atoms with Crippen LogP contribution < -0.4 is 10.6 Å². The lowest BCUT2D eigenvalue weighted by Crippen LogP contribution is -2.48. The van der Waals surface area contributed by atoms with Gasteiger partial charge in [-0.3, -0.25) is 14.5 Å². The highest BCUT2D eigenvalue weighted by molar-refractivity contribution is 6.07. The van der Waals surface area contributed by atoms with Crippen LogP contribution >= 0.6 is 0 Å². The molecule has 0 radical (unpaired) electrons. The molecule has 1 spiro atoms. The van der Waals surface area contributed by atoms with Crippen molar-refractivity contribution in [3.63, 3.8) is 0 Å². The lowest BCUT2D eigenvalue weighted by molar-refractivity contribution is -0.132. The SMILES string of the molecule is Cc1ccc(NC(=O)CCN2C(=O)NC3(CCCCC3)C2=O)c(F)c1. The molecule has 0 bridgehead atoms. The summed E-state index contributed by atoms with van der Waals surface area (Å²) in [6.07, 6.45) is 4.11. The molecule has 7 heteroatoms. The number of rotatable bonds is 4. The van der Waals surface area contributed by atoms with Gasteiger partial charge in [0.25, 0.3) is 5.91 Å². The van der Waals surface area contributed by atoms with E-state index in [-0.39, 0.29) is 24.6 Å². The van der Waals surface area contributed by atoms with Gasteiger partial charge in [-0.2, -0.15) is 0 Å². The number of carbonyl (C=O) groups excluding carboxylic acids is 3. The normalized spacial score (nSPS) is 19.2. The number of amides is 4. The van der Waals surface area contributed by atoms with Crippen molar-refractivity contribution in [2.75, 3.05) is 11.9 Å². The molecule has 2 N–H and O–H groups in total. The zero-order valence-electron chi connectivity index (χ0n) is 14.2. The Morgan fingerprint density at radius 2 is 2.00 bits per heavy atom. The standard InChI is InChI=1S/C18H22FN3O3/c1-12-5-6-14(13(19)11-12)20-15(23)7-10-22-16(24)18(21-17(22)25)8-3-2-4-9-18/h5-6,11H,2-4,7-10H2,1H3,(H,20,23)(H,21,25). The van der Waals surface area contributed by atoms with Crippen molar-refractivity contribution in [1.29, 1.82) is 0 Å². The van der Waals surface area contributed by atoms with Crippen molar-refractivity contribution in [2.45, 2.75) is 51.0 Å².